The van der Waals surface area contributed by atoms with Crippen molar-refractivity contribution in [3.05, 3.63) is 23.3 Å². The summed E-state index contributed by atoms with van der Waals surface area (Å²) in [6.07, 6.45) is 2.23. The van der Waals surface area contributed by atoms with E-state index in [0.717, 1.165) is 12.8 Å². The van der Waals surface area contributed by atoms with Gasteiger partial charge in [0.2, 0.25) is 0 Å². The molecule has 1 aromatic rings. The molecule has 0 spiro atoms. The molecule has 0 radical (unpaired) electrons. The van der Waals surface area contributed by atoms with Gasteiger partial charge < -0.3 is 20.4 Å². The van der Waals surface area contributed by atoms with E-state index in [1.165, 1.54) is 12.1 Å². The second-order valence-corrected chi connectivity index (χ2v) is 4.31. The number of phenols is 2. The standard InChI is InChI=1S/C13H18O5/c1-2-3-4-9(14)5-8-6-10(15)12(13(17)18)11(16)7-8/h6-7,9,14-16H,2-5H2,1H3,(H,17,18)/t9-/m1/s1. The van der Waals surface area contributed by atoms with Crippen molar-refractivity contribution in [1.82, 2.24) is 0 Å². The Balaban J connectivity index is 2.83. The Labute approximate surface area is 105 Å². The van der Waals surface area contributed by atoms with E-state index >= 15 is 0 Å². The van der Waals surface area contributed by atoms with Crippen LogP contribution in [0.25, 0.3) is 0 Å². The number of aromatic carboxylic acids is 1. The van der Waals surface area contributed by atoms with E-state index in [1.54, 1.807) is 0 Å². The highest BCUT2D eigenvalue weighted by atomic mass is 16.4. The summed E-state index contributed by atoms with van der Waals surface area (Å²) in [4.78, 5) is 10.7. The van der Waals surface area contributed by atoms with Crippen LogP contribution in [-0.4, -0.2) is 32.5 Å². The van der Waals surface area contributed by atoms with Crippen molar-refractivity contribution in [3.63, 3.8) is 0 Å². The van der Waals surface area contributed by atoms with Crippen LogP contribution in [-0.2, 0) is 6.42 Å². The minimum absolute atomic E-state index is 0.279. The molecule has 0 heterocycles. The van der Waals surface area contributed by atoms with E-state index in [1.807, 2.05) is 6.92 Å². The number of aromatic hydroxyl groups is 2. The topological polar surface area (TPSA) is 98.0 Å². The second kappa shape index (κ2) is 6.26. The van der Waals surface area contributed by atoms with E-state index in [9.17, 15) is 20.1 Å². The first-order valence-corrected chi connectivity index (χ1v) is 5.92. The van der Waals surface area contributed by atoms with Gasteiger partial charge in [-0.1, -0.05) is 19.8 Å². The second-order valence-electron chi connectivity index (χ2n) is 4.31. The molecule has 1 atom stereocenters. The van der Waals surface area contributed by atoms with Gasteiger partial charge in [-0.15, -0.1) is 0 Å². The Morgan fingerprint density at radius 3 is 2.28 bits per heavy atom. The number of unbranched alkanes of at least 4 members (excludes halogenated alkanes) is 1. The molecule has 0 aliphatic rings. The minimum Gasteiger partial charge on any atom is -0.507 e. The molecule has 0 aromatic heterocycles. The van der Waals surface area contributed by atoms with Crippen LogP contribution in [0.5, 0.6) is 11.5 Å². The SMILES string of the molecule is CCCC[C@@H](O)Cc1cc(O)c(C(=O)O)c(O)c1. The molecular weight excluding hydrogens is 236 g/mol. The van der Waals surface area contributed by atoms with Crippen molar-refractivity contribution in [2.45, 2.75) is 38.7 Å². The third-order valence-electron chi connectivity index (χ3n) is 2.73. The first-order chi connectivity index (χ1) is 8.45. The van der Waals surface area contributed by atoms with Crippen LogP contribution in [0.1, 0.15) is 42.1 Å². The molecule has 5 heteroatoms. The fourth-order valence-corrected chi connectivity index (χ4v) is 1.82. The maximum absolute atomic E-state index is 10.7. The van der Waals surface area contributed by atoms with Crippen molar-refractivity contribution in [2.24, 2.45) is 0 Å². The number of benzene rings is 1. The van der Waals surface area contributed by atoms with Crippen LogP contribution in [0.15, 0.2) is 12.1 Å². The molecule has 1 aromatic carbocycles. The van der Waals surface area contributed by atoms with Gasteiger partial charge in [-0.25, -0.2) is 4.79 Å². The normalized spacial score (nSPS) is 12.3. The molecule has 0 bridgehead atoms. The number of aliphatic hydroxyl groups is 1. The molecule has 0 aliphatic heterocycles. The molecule has 100 valence electrons. The zero-order valence-corrected chi connectivity index (χ0v) is 10.3. The van der Waals surface area contributed by atoms with E-state index in [2.05, 4.69) is 0 Å². The predicted octanol–water partition coefficient (Wildman–Crippen LogP) is 1.89. The van der Waals surface area contributed by atoms with Crippen LogP contribution >= 0.6 is 0 Å². The van der Waals surface area contributed by atoms with Crippen LogP contribution < -0.4 is 0 Å². The molecule has 0 fully saturated rings. The number of carboxylic acid groups (broad SMARTS) is 1. The number of rotatable bonds is 6. The smallest absolute Gasteiger partial charge is 0.343 e. The van der Waals surface area contributed by atoms with Gasteiger partial charge in [0.05, 0.1) is 6.10 Å². The van der Waals surface area contributed by atoms with E-state index in [0.29, 0.717) is 12.0 Å². The Bertz CT molecular complexity index is 404. The van der Waals surface area contributed by atoms with Gasteiger partial charge in [0, 0.05) is 0 Å². The lowest BCUT2D eigenvalue weighted by Gasteiger charge is -2.11. The number of hydrogen-bond donors (Lipinski definition) is 4. The van der Waals surface area contributed by atoms with Gasteiger partial charge in [0.1, 0.15) is 17.1 Å². The number of carbonyl (C=O) groups is 1. The molecule has 0 aliphatic carbocycles. The van der Waals surface area contributed by atoms with Crippen molar-refractivity contribution in [2.75, 3.05) is 0 Å². The molecule has 0 saturated heterocycles. The molecule has 0 unspecified atom stereocenters. The van der Waals surface area contributed by atoms with Crippen LogP contribution in [0.3, 0.4) is 0 Å². The zero-order chi connectivity index (χ0) is 13.7. The third kappa shape index (κ3) is 3.63. The van der Waals surface area contributed by atoms with Gasteiger partial charge in [0.25, 0.3) is 0 Å². The fraction of sp³-hybridized carbons (Fsp3) is 0.462. The summed E-state index contributed by atoms with van der Waals surface area (Å²) in [5.41, 5.74) is 0.000371. The maximum atomic E-state index is 10.7. The molecule has 5 nitrogen and oxygen atoms in total. The van der Waals surface area contributed by atoms with E-state index in [-0.39, 0.29) is 6.42 Å². The van der Waals surface area contributed by atoms with Gasteiger partial charge >= 0.3 is 5.97 Å². The molecule has 0 saturated carbocycles. The summed E-state index contributed by atoms with van der Waals surface area (Å²) in [5, 5.41) is 37.5. The van der Waals surface area contributed by atoms with E-state index in [4.69, 9.17) is 5.11 Å². The summed E-state index contributed by atoms with van der Waals surface area (Å²) in [5.74, 6) is -2.36. The highest BCUT2D eigenvalue weighted by molar-refractivity contribution is 5.94. The molecule has 4 N–H and O–H groups in total. The lowest BCUT2D eigenvalue weighted by Crippen LogP contribution is -2.10. The largest absolute Gasteiger partial charge is 0.507 e. The Hall–Kier alpha value is -1.75. The van der Waals surface area contributed by atoms with Crippen molar-refractivity contribution < 1.29 is 25.2 Å². The number of carboxylic acids is 1. The van der Waals surface area contributed by atoms with Crippen LogP contribution in [0.4, 0.5) is 0 Å². The van der Waals surface area contributed by atoms with E-state index < -0.39 is 29.1 Å². The Morgan fingerprint density at radius 1 is 1.28 bits per heavy atom. The number of hydrogen-bond acceptors (Lipinski definition) is 4. The summed E-state index contributed by atoms with van der Waals surface area (Å²) in [6.45, 7) is 2.02. The maximum Gasteiger partial charge on any atom is 0.343 e. The summed E-state index contributed by atoms with van der Waals surface area (Å²) < 4.78 is 0. The van der Waals surface area contributed by atoms with Gasteiger partial charge in [-0.05, 0) is 30.5 Å². The van der Waals surface area contributed by atoms with Crippen LogP contribution in [0, 0.1) is 0 Å². The molecule has 1 rings (SSSR count). The van der Waals surface area contributed by atoms with Gasteiger partial charge in [-0.3, -0.25) is 0 Å². The fourth-order valence-electron chi connectivity index (χ4n) is 1.82. The average Bonchev–Trinajstić information content (AvgIpc) is 2.24. The first kappa shape index (κ1) is 14.3. The Morgan fingerprint density at radius 2 is 1.83 bits per heavy atom. The van der Waals surface area contributed by atoms with Gasteiger partial charge in [0.15, 0.2) is 0 Å². The van der Waals surface area contributed by atoms with Crippen molar-refractivity contribution >= 4 is 5.97 Å². The number of aliphatic hydroxyl groups excluding tert-OH is 1. The quantitative estimate of drug-likeness (QED) is 0.621. The third-order valence-corrected chi connectivity index (χ3v) is 2.73. The molecule has 18 heavy (non-hydrogen) atoms. The highest BCUT2D eigenvalue weighted by Gasteiger charge is 2.17. The summed E-state index contributed by atoms with van der Waals surface area (Å²) in [6, 6.07) is 2.52. The lowest BCUT2D eigenvalue weighted by atomic mass is 10.0. The minimum atomic E-state index is -1.39. The summed E-state index contributed by atoms with van der Waals surface area (Å²) >= 11 is 0. The summed E-state index contributed by atoms with van der Waals surface area (Å²) in [7, 11) is 0. The first-order valence-electron chi connectivity index (χ1n) is 5.92. The predicted molar refractivity (Wildman–Crippen MR) is 66.0 cm³/mol. The molecular formula is C13H18O5. The van der Waals surface area contributed by atoms with Crippen molar-refractivity contribution in [3.8, 4) is 11.5 Å². The zero-order valence-electron chi connectivity index (χ0n) is 10.3. The monoisotopic (exact) mass is 254 g/mol. The highest BCUT2D eigenvalue weighted by Crippen LogP contribution is 2.29. The van der Waals surface area contributed by atoms with Crippen molar-refractivity contribution in [1.29, 1.82) is 0 Å². The van der Waals surface area contributed by atoms with Gasteiger partial charge in [-0.2, -0.15) is 0 Å². The lowest BCUT2D eigenvalue weighted by molar-refractivity contribution is 0.0690. The van der Waals surface area contributed by atoms with Crippen LogP contribution in [0.2, 0.25) is 0 Å². The Kier molecular flexibility index (Phi) is 4.97. The average molecular weight is 254 g/mol. The molecule has 0 amide bonds.